The Balaban J connectivity index is 1.90. The van der Waals surface area contributed by atoms with Crippen molar-refractivity contribution < 1.29 is 5.11 Å². The van der Waals surface area contributed by atoms with E-state index in [9.17, 15) is 5.11 Å². The van der Waals surface area contributed by atoms with E-state index in [4.69, 9.17) is 0 Å². The van der Waals surface area contributed by atoms with Crippen LogP contribution in [0.3, 0.4) is 0 Å². The smallest absolute Gasteiger partial charge is 0.0684 e. The number of hydrogen-bond acceptors (Lipinski definition) is 2. The van der Waals surface area contributed by atoms with Crippen molar-refractivity contribution in [2.75, 3.05) is 5.75 Å². The third kappa shape index (κ3) is 3.62. The number of aliphatic hydroxyl groups excluding tert-OH is 1. The maximum absolute atomic E-state index is 9.23. The van der Waals surface area contributed by atoms with Gasteiger partial charge in [0.15, 0.2) is 0 Å². The number of aryl methyl sites for hydroxylation is 1. The van der Waals surface area contributed by atoms with Crippen molar-refractivity contribution in [2.24, 2.45) is 0 Å². The molecule has 0 fully saturated rings. The topological polar surface area (TPSA) is 20.2 Å². The van der Waals surface area contributed by atoms with E-state index >= 15 is 0 Å². The van der Waals surface area contributed by atoms with Gasteiger partial charge < -0.3 is 5.11 Å². The molecular weight excluding hydrogens is 228 g/mol. The highest BCUT2D eigenvalue weighted by atomic mass is 32.2. The molecule has 0 amide bonds. The van der Waals surface area contributed by atoms with Crippen LogP contribution in [0.25, 0.3) is 0 Å². The summed E-state index contributed by atoms with van der Waals surface area (Å²) in [5, 5.41) is 9.23. The summed E-state index contributed by atoms with van der Waals surface area (Å²) in [6.07, 6.45) is 0.996. The van der Waals surface area contributed by atoms with Crippen LogP contribution in [0.5, 0.6) is 0 Å². The van der Waals surface area contributed by atoms with Gasteiger partial charge in [0.05, 0.1) is 6.61 Å². The number of rotatable bonds is 5. The zero-order chi connectivity index (χ0) is 11.9. The van der Waals surface area contributed by atoms with Gasteiger partial charge in [-0.15, -0.1) is 11.8 Å². The molecule has 2 rings (SSSR count). The highest BCUT2D eigenvalue weighted by Gasteiger charge is 2.00. The van der Waals surface area contributed by atoms with Gasteiger partial charge in [-0.1, -0.05) is 42.5 Å². The van der Waals surface area contributed by atoms with Crippen LogP contribution in [0.1, 0.15) is 11.1 Å². The summed E-state index contributed by atoms with van der Waals surface area (Å²) in [5.74, 6) is 1.04. The van der Waals surface area contributed by atoms with Gasteiger partial charge in [-0.05, 0) is 29.7 Å². The Morgan fingerprint density at radius 2 is 1.47 bits per heavy atom. The van der Waals surface area contributed by atoms with Crippen LogP contribution in [-0.2, 0) is 13.0 Å². The normalized spacial score (nSPS) is 10.4. The number of thioether (sulfide) groups is 1. The van der Waals surface area contributed by atoms with Crippen LogP contribution in [0.15, 0.2) is 59.5 Å². The molecule has 0 spiro atoms. The molecule has 0 saturated carbocycles. The first-order chi connectivity index (χ1) is 8.40. The lowest BCUT2D eigenvalue weighted by Gasteiger charge is -2.06. The fourth-order valence-corrected chi connectivity index (χ4v) is 2.66. The van der Waals surface area contributed by atoms with Crippen LogP contribution in [0.2, 0.25) is 0 Å². The van der Waals surface area contributed by atoms with Gasteiger partial charge in [-0.25, -0.2) is 0 Å². The SMILES string of the molecule is OCc1ccccc1CCSc1ccccc1. The molecule has 0 aliphatic heterocycles. The highest BCUT2D eigenvalue weighted by Crippen LogP contribution is 2.19. The molecule has 0 aliphatic carbocycles. The predicted molar refractivity (Wildman–Crippen MR) is 73.2 cm³/mol. The number of benzene rings is 2. The van der Waals surface area contributed by atoms with Gasteiger partial charge in [-0.3, -0.25) is 0 Å². The molecule has 2 heteroatoms. The van der Waals surface area contributed by atoms with Crippen LogP contribution in [0.4, 0.5) is 0 Å². The zero-order valence-electron chi connectivity index (χ0n) is 9.67. The average molecular weight is 244 g/mol. The lowest BCUT2D eigenvalue weighted by molar-refractivity contribution is 0.280. The summed E-state index contributed by atoms with van der Waals surface area (Å²) in [5.41, 5.74) is 2.29. The summed E-state index contributed by atoms with van der Waals surface area (Å²) in [6.45, 7) is 0.131. The van der Waals surface area contributed by atoms with Crippen LogP contribution in [-0.4, -0.2) is 10.9 Å². The van der Waals surface area contributed by atoms with Crippen molar-refractivity contribution in [1.82, 2.24) is 0 Å². The van der Waals surface area contributed by atoms with E-state index in [1.807, 2.05) is 36.0 Å². The largest absolute Gasteiger partial charge is 0.392 e. The Kier molecular flexibility index (Phi) is 4.65. The van der Waals surface area contributed by atoms with Gasteiger partial charge in [-0.2, -0.15) is 0 Å². The molecule has 0 heterocycles. The molecule has 0 aromatic heterocycles. The minimum absolute atomic E-state index is 0.131. The molecule has 2 aromatic rings. The second kappa shape index (κ2) is 6.48. The fraction of sp³-hybridized carbons (Fsp3) is 0.200. The van der Waals surface area contributed by atoms with Crippen molar-refractivity contribution in [2.45, 2.75) is 17.9 Å². The predicted octanol–water partition coefficient (Wildman–Crippen LogP) is 3.51. The quantitative estimate of drug-likeness (QED) is 0.812. The monoisotopic (exact) mass is 244 g/mol. The molecule has 2 aromatic carbocycles. The van der Waals surface area contributed by atoms with Gasteiger partial charge in [0.1, 0.15) is 0 Å². The summed E-state index contributed by atoms with van der Waals surface area (Å²) < 4.78 is 0. The fourth-order valence-electron chi connectivity index (χ4n) is 1.75. The lowest BCUT2D eigenvalue weighted by atomic mass is 10.1. The standard InChI is InChI=1S/C15H16OS/c16-12-14-7-5-4-6-13(14)10-11-17-15-8-2-1-3-9-15/h1-9,16H,10-12H2. The van der Waals surface area contributed by atoms with Gasteiger partial charge in [0.2, 0.25) is 0 Å². The maximum atomic E-state index is 9.23. The molecule has 0 saturated heterocycles. The summed E-state index contributed by atoms with van der Waals surface area (Å²) in [4.78, 5) is 1.30. The Morgan fingerprint density at radius 1 is 0.824 bits per heavy atom. The van der Waals surface area contributed by atoms with E-state index in [1.165, 1.54) is 10.5 Å². The third-order valence-electron chi connectivity index (χ3n) is 2.67. The van der Waals surface area contributed by atoms with E-state index in [0.29, 0.717) is 0 Å². The summed E-state index contributed by atoms with van der Waals surface area (Å²) >= 11 is 1.85. The van der Waals surface area contributed by atoms with E-state index in [2.05, 4.69) is 30.3 Å². The molecule has 0 radical (unpaired) electrons. The average Bonchev–Trinajstić information content (AvgIpc) is 2.40. The Hall–Kier alpha value is -1.25. The number of aliphatic hydroxyl groups is 1. The minimum atomic E-state index is 0.131. The van der Waals surface area contributed by atoms with E-state index in [-0.39, 0.29) is 6.61 Å². The second-order valence-electron chi connectivity index (χ2n) is 3.84. The van der Waals surface area contributed by atoms with Crippen LogP contribution < -0.4 is 0 Å². The third-order valence-corrected chi connectivity index (χ3v) is 3.69. The van der Waals surface area contributed by atoms with Crippen LogP contribution in [0, 0.1) is 0 Å². The molecule has 1 N–H and O–H groups in total. The molecular formula is C15H16OS. The Labute approximate surface area is 107 Å². The molecule has 0 bridgehead atoms. The second-order valence-corrected chi connectivity index (χ2v) is 5.01. The van der Waals surface area contributed by atoms with E-state index in [1.54, 1.807) is 0 Å². The molecule has 0 aliphatic rings. The van der Waals surface area contributed by atoms with E-state index in [0.717, 1.165) is 17.7 Å². The number of hydrogen-bond donors (Lipinski definition) is 1. The van der Waals surface area contributed by atoms with E-state index < -0.39 is 0 Å². The summed E-state index contributed by atoms with van der Waals surface area (Å²) in [7, 11) is 0. The molecule has 0 unspecified atom stereocenters. The van der Waals surface area contributed by atoms with Crippen molar-refractivity contribution in [3.05, 3.63) is 65.7 Å². The van der Waals surface area contributed by atoms with Crippen LogP contribution >= 0.6 is 11.8 Å². The lowest BCUT2D eigenvalue weighted by Crippen LogP contribution is -1.95. The first-order valence-electron chi connectivity index (χ1n) is 5.75. The highest BCUT2D eigenvalue weighted by molar-refractivity contribution is 7.99. The molecule has 88 valence electrons. The molecule has 17 heavy (non-hydrogen) atoms. The minimum Gasteiger partial charge on any atom is -0.392 e. The first-order valence-corrected chi connectivity index (χ1v) is 6.74. The molecule has 1 nitrogen and oxygen atoms in total. The maximum Gasteiger partial charge on any atom is 0.0684 e. The van der Waals surface area contributed by atoms with Crippen molar-refractivity contribution in [3.63, 3.8) is 0 Å². The Morgan fingerprint density at radius 3 is 2.18 bits per heavy atom. The zero-order valence-corrected chi connectivity index (χ0v) is 10.5. The first kappa shape index (κ1) is 12.2. The van der Waals surface area contributed by atoms with Crippen molar-refractivity contribution in [1.29, 1.82) is 0 Å². The van der Waals surface area contributed by atoms with Gasteiger partial charge >= 0.3 is 0 Å². The van der Waals surface area contributed by atoms with Crippen molar-refractivity contribution in [3.8, 4) is 0 Å². The summed E-state index contributed by atoms with van der Waals surface area (Å²) in [6, 6.07) is 18.5. The van der Waals surface area contributed by atoms with Gasteiger partial charge in [0, 0.05) is 10.6 Å². The Bertz CT molecular complexity index is 453. The molecule has 0 atom stereocenters. The van der Waals surface area contributed by atoms with Crippen molar-refractivity contribution >= 4 is 11.8 Å². The van der Waals surface area contributed by atoms with Gasteiger partial charge in [0.25, 0.3) is 0 Å².